The number of carbonyl (C=O) groups excluding carboxylic acids is 1. The van der Waals surface area contributed by atoms with E-state index in [-0.39, 0.29) is 12.1 Å². The second-order valence-corrected chi connectivity index (χ2v) is 5.77. The van der Waals surface area contributed by atoms with Crippen molar-refractivity contribution in [3.8, 4) is 5.75 Å². The molecule has 1 saturated heterocycles. The van der Waals surface area contributed by atoms with Gasteiger partial charge in [0, 0.05) is 19.6 Å². The molecule has 0 N–H and O–H groups in total. The Bertz CT molecular complexity index is 639. The zero-order valence-corrected chi connectivity index (χ0v) is 13.3. The second kappa shape index (κ2) is 7.29. The van der Waals surface area contributed by atoms with Crippen LogP contribution in [0.5, 0.6) is 5.75 Å². The van der Waals surface area contributed by atoms with Crippen molar-refractivity contribution in [2.45, 2.75) is 19.1 Å². The van der Waals surface area contributed by atoms with E-state index >= 15 is 0 Å². The van der Waals surface area contributed by atoms with Crippen molar-refractivity contribution in [3.05, 3.63) is 65.7 Å². The number of ether oxygens (including phenoxy) is 2. The minimum Gasteiger partial charge on any atom is -0.489 e. The molecule has 2 aromatic carbocycles. The normalized spacial score (nSPS) is 17.9. The van der Waals surface area contributed by atoms with Crippen LogP contribution in [0.2, 0.25) is 0 Å². The van der Waals surface area contributed by atoms with Gasteiger partial charge in [-0.3, -0.25) is 4.90 Å². The van der Waals surface area contributed by atoms with E-state index < -0.39 is 0 Å². The fourth-order valence-corrected chi connectivity index (χ4v) is 2.86. The van der Waals surface area contributed by atoms with Gasteiger partial charge in [0.05, 0.1) is 12.7 Å². The predicted octanol–water partition coefficient (Wildman–Crippen LogP) is 3.13. The van der Waals surface area contributed by atoms with Crippen LogP contribution < -0.4 is 4.74 Å². The quantitative estimate of drug-likeness (QED) is 0.795. The summed E-state index contributed by atoms with van der Waals surface area (Å²) in [5.74, 6) is 0.468. The number of hydrogen-bond acceptors (Lipinski definition) is 4. The zero-order valence-electron chi connectivity index (χ0n) is 13.3. The molecule has 1 fully saturated rings. The van der Waals surface area contributed by atoms with Gasteiger partial charge in [0.15, 0.2) is 0 Å². The molecule has 0 unspecified atom stereocenters. The van der Waals surface area contributed by atoms with Crippen molar-refractivity contribution >= 4 is 5.97 Å². The van der Waals surface area contributed by atoms with Gasteiger partial charge in [-0.1, -0.05) is 30.3 Å². The maximum atomic E-state index is 11.4. The van der Waals surface area contributed by atoms with E-state index in [0.717, 1.165) is 31.8 Å². The summed E-state index contributed by atoms with van der Waals surface area (Å²) in [6.07, 6.45) is 1.22. The van der Waals surface area contributed by atoms with Crippen LogP contribution in [0, 0.1) is 0 Å². The summed E-state index contributed by atoms with van der Waals surface area (Å²) in [4.78, 5) is 13.8. The van der Waals surface area contributed by atoms with Crippen LogP contribution in [-0.2, 0) is 11.3 Å². The van der Waals surface area contributed by atoms with E-state index in [0.29, 0.717) is 5.56 Å². The number of hydrogen-bond donors (Lipinski definition) is 0. The Morgan fingerprint density at radius 3 is 2.57 bits per heavy atom. The van der Waals surface area contributed by atoms with Gasteiger partial charge in [0.25, 0.3) is 0 Å². The zero-order chi connectivity index (χ0) is 16.1. The molecule has 1 aliphatic rings. The first-order valence-electron chi connectivity index (χ1n) is 7.86. The number of nitrogens with zero attached hydrogens (tertiary/aromatic N) is 1. The summed E-state index contributed by atoms with van der Waals surface area (Å²) < 4.78 is 10.7. The summed E-state index contributed by atoms with van der Waals surface area (Å²) in [7, 11) is 1.38. The van der Waals surface area contributed by atoms with Gasteiger partial charge < -0.3 is 9.47 Å². The number of methoxy groups -OCH3 is 1. The van der Waals surface area contributed by atoms with Gasteiger partial charge >= 0.3 is 5.97 Å². The number of benzene rings is 2. The highest BCUT2D eigenvalue weighted by Gasteiger charge is 2.23. The Balaban J connectivity index is 1.52. The number of carbonyl (C=O) groups is 1. The molecule has 1 aliphatic heterocycles. The molecule has 120 valence electrons. The lowest BCUT2D eigenvalue weighted by Crippen LogP contribution is -2.24. The lowest BCUT2D eigenvalue weighted by atomic mass is 10.2. The van der Waals surface area contributed by atoms with E-state index in [1.807, 2.05) is 18.2 Å². The van der Waals surface area contributed by atoms with Crippen LogP contribution >= 0.6 is 0 Å². The van der Waals surface area contributed by atoms with Crippen molar-refractivity contribution in [2.75, 3.05) is 20.2 Å². The van der Waals surface area contributed by atoms with Crippen molar-refractivity contribution < 1.29 is 14.3 Å². The lowest BCUT2D eigenvalue weighted by Gasteiger charge is -2.17. The first-order chi connectivity index (χ1) is 11.2. The highest BCUT2D eigenvalue weighted by molar-refractivity contribution is 5.89. The first kappa shape index (κ1) is 15.6. The number of likely N-dealkylation sites (tertiary alicyclic amines) is 1. The summed E-state index contributed by atoms with van der Waals surface area (Å²) in [6.45, 7) is 2.93. The third-order valence-electron chi connectivity index (χ3n) is 4.06. The molecular weight excluding hydrogens is 290 g/mol. The largest absolute Gasteiger partial charge is 0.489 e. The fourth-order valence-electron chi connectivity index (χ4n) is 2.86. The molecule has 0 saturated carbocycles. The van der Waals surface area contributed by atoms with Crippen LogP contribution in [0.4, 0.5) is 0 Å². The minimum absolute atomic E-state index is 0.197. The molecule has 1 atom stereocenters. The molecule has 0 aliphatic carbocycles. The Labute approximate surface area is 136 Å². The molecule has 0 bridgehead atoms. The highest BCUT2D eigenvalue weighted by atomic mass is 16.5. The molecule has 23 heavy (non-hydrogen) atoms. The third kappa shape index (κ3) is 4.11. The molecule has 4 heteroatoms. The van der Waals surface area contributed by atoms with Crippen LogP contribution in [0.1, 0.15) is 22.3 Å². The topological polar surface area (TPSA) is 38.8 Å². The molecule has 2 aromatic rings. The Morgan fingerprint density at radius 1 is 1.13 bits per heavy atom. The lowest BCUT2D eigenvalue weighted by molar-refractivity contribution is 0.0600. The van der Waals surface area contributed by atoms with E-state index in [1.165, 1.54) is 12.7 Å². The van der Waals surface area contributed by atoms with Crippen LogP contribution in [0.25, 0.3) is 0 Å². The number of rotatable bonds is 5. The van der Waals surface area contributed by atoms with Gasteiger partial charge in [0.1, 0.15) is 11.9 Å². The van der Waals surface area contributed by atoms with Crippen LogP contribution in [-0.4, -0.2) is 37.2 Å². The minimum atomic E-state index is -0.327. The average molecular weight is 311 g/mol. The SMILES string of the molecule is COC(=O)c1ccc(O[C@@H]2CCN(Cc3ccccc3)C2)cc1. The van der Waals surface area contributed by atoms with Crippen molar-refractivity contribution in [1.82, 2.24) is 4.90 Å². The number of esters is 1. The molecule has 4 nitrogen and oxygen atoms in total. The molecule has 3 rings (SSSR count). The summed E-state index contributed by atoms with van der Waals surface area (Å²) in [5, 5.41) is 0. The second-order valence-electron chi connectivity index (χ2n) is 5.77. The molecule has 0 amide bonds. The maximum absolute atomic E-state index is 11.4. The maximum Gasteiger partial charge on any atom is 0.337 e. The summed E-state index contributed by atoms with van der Waals surface area (Å²) in [6, 6.07) is 17.6. The molecular formula is C19H21NO3. The molecule has 1 heterocycles. The van der Waals surface area contributed by atoms with E-state index in [1.54, 1.807) is 12.1 Å². The van der Waals surface area contributed by atoms with Gasteiger partial charge in [-0.2, -0.15) is 0 Å². The average Bonchev–Trinajstić information content (AvgIpc) is 3.02. The highest BCUT2D eigenvalue weighted by Crippen LogP contribution is 2.20. The third-order valence-corrected chi connectivity index (χ3v) is 4.06. The Kier molecular flexibility index (Phi) is 4.93. The van der Waals surface area contributed by atoms with Gasteiger partial charge in [-0.05, 0) is 36.2 Å². The van der Waals surface area contributed by atoms with E-state index in [2.05, 4.69) is 29.2 Å². The van der Waals surface area contributed by atoms with Gasteiger partial charge in [-0.15, -0.1) is 0 Å². The Hall–Kier alpha value is -2.33. The van der Waals surface area contributed by atoms with E-state index in [9.17, 15) is 4.79 Å². The first-order valence-corrected chi connectivity index (χ1v) is 7.86. The van der Waals surface area contributed by atoms with Crippen LogP contribution in [0.3, 0.4) is 0 Å². The summed E-state index contributed by atoms with van der Waals surface area (Å²) in [5.41, 5.74) is 1.87. The van der Waals surface area contributed by atoms with Crippen molar-refractivity contribution in [1.29, 1.82) is 0 Å². The van der Waals surface area contributed by atoms with Gasteiger partial charge in [0.2, 0.25) is 0 Å². The fraction of sp³-hybridized carbons (Fsp3) is 0.316. The standard InChI is InChI=1S/C19H21NO3/c1-22-19(21)16-7-9-17(10-8-16)23-18-11-12-20(14-18)13-15-5-3-2-4-6-15/h2-10,18H,11-14H2,1H3/t18-/m1/s1. The monoisotopic (exact) mass is 311 g/mol. The summed E-state index contributed by atoms with van der Waals surface area (Å²) >= 11 is 0. The molecule has 0 spiro atoms. The van der Waals surface area contributed by atoms with E-state index in [4.69, 9.17) is 9.47 Å². The van der Waals surface area contributed by atoms with Crippen molar-refractivity contribution in [3.63, 3.8) is 0 Å². The molecule has 0 radical (unpaired) electrons. The van der Waals surface area contributed by atoms with Gasteiger partial charge in [-0.25, -0.2) is 4.79 Å². The molecule has 0 aromatic heterocycles. The smallest absolute Gasteiger partial charge is 0.337 e. The predicted molar refractivity (Wildman–Crippen MR) is 88.5 cm³/mol. The van der Waals surface area contributed by atoms with Crippen LogP contribution in [0.15, 0.2) is 54.6 Å². The van der Waals surface area contributed by atoms with Crippen molar-refractivity contribution in [2.24, 2.45) is 0 Å². The Morgan fingerprint density at radius 2 is 1.87 bits per heavy atom.